The minimum Gasteiger partial charge on any atom is -0.496 e. The first-order chi connectivity index (χ1) is 16.2. The van der Waals surface area contributed by atoms with Crippen LogP contribution in [-0.4, -0.2) is 50.3 Å². The number of carbonyl (C=O) groups excluding carboxylic acids is 3. The SMILES string of the molecule is CCCCOC(=O)c1ccc(NC(=O)[C@H]2CCC(=O)N2S(=O)(=O)c2ccc(OC)c(C)c2)cc1. The fraction of sp³-hybridized carbons (Fsp3) is 0.375. The lowest BCUT2D eigenvalue weighted by atomic mass is 10.2. The number of ether oxygens (including phenoxy) is 2. The van der Waals surface area contributed by atoms with Crippen molar-refractivity contribution in [3.05, 3.63) is 53.6 Å². The van der Waals surface area contributed by atoms with Crippen LogP contribution in [0.1, 0.15) is 48.5 Å². The molecule has 1 saturated heterocycles. The zero-order valence-electron chi connectivity index (χ0n) is 19.4. The second kappa shape index (κ2) is 10.7. The van der Waals surface area contributed by atoms with Gasteiger partial charge in [-0.05, 0) is 67.8 Å². The van der Waals surface area contributed by atoms with Crippen LogP contribution < -0.4 is 10.1 Å². The first-order valence-corrected chi connectivity index (χ1v) is 12.4. The predicted octanol–water partition coefficient (Wildman–Crippen LogP) is 3.28. The lowest BCUT2D eigenvalue weighted by Gasteiger charge is -2.24. The molecular formula is C24H28N2O7S. The third-order valence-corrected chi connectivity index (χ3v) is 7.33. The second-order valence-electron chi connectivity index (χ2n) is 7.94. The number of nitrogens with one attached hydrogen (secondary N) is 1. The molecule has 34 heavy (non-hydrogen) atoms. The summed E-state index contributed by atoms with van der Waals surface area (Å²) in [5, 5.41) is 2.64. The first-order valence-electron chi connectivity index (χ1n) is 11.0. The highest BCUT2D eigenvalue weighted by Crippen LogP contribution is 2.30. The van der Waals surface area contributed by atoms with E-state index in [1.54, 1.807) is 6.92 Å². The number of anilines is 1. The molecule has 10 heteroatoms. The highest BCUT2D eigenvalue weighted by Gasteiger charge is 2.44. The quantitative estimate of drug-likeness (QED) is 0.425. The number of unbranched alkanes of at least 4 members (excludes halogenated alkanes) is 1. The van der Waals surface area contributed by atoms with Gasteiger partial charge in [0.05, 0.1) is 24.2 Å². The molecule has 0 spiro atoms. The van der Waals surface area contributed by atoms with Gasteiger partial charge in [-0.25, -0.2) is 17.5 Å². The molecule has 2 amide bonds. The fourth-order valence-electron chi connectivity index (χ4n) is 3.63. The Balaban J connectivity index is 1.75. The van der Waals surface area contributed by atoms with Gasteiger partial charge in [0.2, 0.25) is 11.8 Å². The third-order valence-electron chi connectivity index (χ3n) is 5.51. The molecule has 1 heterocycles. The van der Waals surface area contributed by atoms with Gasteiger partial charge in [-0.3, -0.25) is 9.59 Å². The lowest BCUT2D eigenvalue weighted by molar-refractivity contribution is -0.128. The summed E-state index contributed by atoms with van der Waals surface area (Å²) in [6, 6.07) is 9.16. The van der Waals surface area contributed by atoms with Gasteiger partial charge in [-0.2, -0.15) is 0 Å². The Bertz CT molecular complexity index is 1180. The molecule has 1 N–H and O–H groups in total. The minimum absolute atomic E-state index is 0.0605. The van der Waals surface area contributed by atoms with Crippen molar-refractivity contribution in [1.29, 1.82) is 0 Å². The Hall–Kier alpha value is -3.40. The number of benzene rings is 2. The van der Waals surface area contributed by atoms with Crippen LogP contribution in [-0.2, 0) is 24.3 Å². The molecule has 1 atom stereocenters. The van der Waals surface area contributed by atoms with Crippen molar-refractivity contribution >= 4 is 33.5 Å². The smallest absolute Gasteiger partial charge is 0.338 e. The number of carbonyl (C=O) groups is 3. The van der Waals surface area contributed by atoms with E-state index in [1.807, 2.05) is 6.92 Å². The van der Waals surface area contributed by atoms with Gasteiger partial charge in [-0.1, -0.05) is 13.3 Å². The van der Waals surface area contributed by atoms with Crippen molar-refractivity contribution in [3.8, 4) is 5.75 Å². The zero-order chi connectivity index (χ0) is 24.9. The van der Waals surface area contributed by atoms with Crippen molar-refractivity contribution in [3.63, 3.8) is 0 Å². The van der Waals surface area contributed by atoms with E-state index in [-0.39, 0.29) is 17.7 Å². The number of sulfonamides is 1. The maximum absolute atomic E-state index is 13.2. The zero-order valence-corrected chi connectivity index (χ0v) is 20.2. The molecule has 0 unspecified atom stereocenters. The summed E-state index contributed by atoms with van der Waals surface area (Å²) in [7, 11) is -2.77. The molecule has 0 bridgehead atoms. The Morgan fingerprint density at radius 2 is 1.85 bits per heavy atom. The monoisotopic (exact) mass is 488 g/mol. The Kier molecular flexibility index (Phi) is 7.93. The van der Waals surface area contributed by atoms with Gasteiger partial charge in [-0.15, -0.1) is 0 Å². The van der Waals surface area contributed by atoms with Crippen LogP contribution in [0.5, 0.6) is 5.75 Å². The van der Waals surface area contributed by atoms with Crippen LogP contribution in [0.15, 0.2) is 47.4 Å². The number of hydrogen-bond donors (Lipinski definition) is 1. The summed E-state index contributed by atoms with van der Waals surface area (Å²) in [6.07, 6.45) is 1.69. The van der Waals surface area contributed by atoms with Crippen molar-refractivity contribution in [2.24, 2.45) is 0 Å². The van der Waals surface area contributed by atoms with Crippen LogP contribution in [0.2, 0.25) is 0 Å². The Labute approximate surface area is 199 Å². The number of esters is 1. The van der Waals surface area contributed by atoms with Crippen molar-refractivity contribution in [1.82, 2.24) is 4.31 Å². The fourth-order valence-corrected chi connectivity index (χ4v) is 5.32. The predicted molar refractivity (Wildman–Crippen MR) is 125 cm³/mol. The highest BCUT2D eigenvalue weighted by molar-refractivity contribution is 7.89. The third kappa shape index (κ3) is 5.39. The lowest BCUT2D eigenvalue weighted by Crippen LogP contribution is -2.45. The topological polar surface area (TPSA) is 119 Å². The largest absolute Gasteiger partial charge is 0.496 e. The molecular weight excluding hydrogens is 460 g/mol. The second-order valence-corrected chi connectivity index (χ2v) is 9.75. The molecule has 2 aromatic rings. The summed E-state index contributed by atoms with van der Waals surface area (Å²) in [6.45, 7) is 4.02. The molecule has 1 aliphatic rings. The van der Waals surface area contributed by atoms with E-state index < -0.39 is 33.8 Å². The molecule has 0 radical (unpaired) electrons. The van der Waals surface area contributed by atoms with Crippen LogP contribution in [0.4, 0.5) is 5.69 Å². The summed E-state index contributed by atoms with van der Waals surface area (Å²) in [5.41, 5.74) is 1.29. The molecule has 182 valence electrons. The van der Waals surface area contributed by atoms with Gasteiger partial charge in [0.1, 0.15) is 11.8 Å². The highest BCUT2D eigenvalue weighted by atomic mass is 32.2. The molecule has 1 fully saturated rings. The minimum atomic E-state index is -4.24. The summed E-state index contributed by atoms with van der Waals surface area (Å²) in [4.78, 5) is 37.3. The maximum Gasteiger partial charge on any atom is 0.338 e. The van der Waals surface area contributed by atoms with E-state index in [0.29, 0.717) is 33.5 Å². The van der Waals surface area contributed by atoms with Crippen molar-refractivity contribution in [2.75, 3.05) is 19.0 Å². The number of nitrogens with zero attached hydrogens (tertiary/aromatic N) is 1. The van der Waals surface area contributed by atoms with Crippen LogP contribution in [0, 0.1) is 6.92 Å². The Morgan fingerprint density at radius 3 is 2.47 bits per heavy atom. The van der Waals surface area contributed by atoms with Crippen LogP contribution >= 0.6 is 0 Å². The molecule has 2 aromatic carbocycles. The van der Waals surface area contributed by atoms with E-state index >= 15 is 0 Å². The average Bonchev–Trinajstić information content (AvgIpc) is 3.22. The van der Waals surface area contributed by atoms with Gasteiger partial charge in [0.25, 0.3) is 10.0 Å². The van der Waals surface area contributed by atoms with E-state index in [0.717, 1.165) is 12.8 Å². The first kappa shape index (κ1) is 25.2. The molecule has 1 aliphatic heterocycles. The summed E-state index contributed by atoms with van der Waals surface area (Å²) in [5.74, 6) is -1.21. The Morgan fingerprint density at radius 1 is 1.15 bits per heavy atom. The number of hydrogen-bond acceptors (Lipinski definition) is 7. The summed E-state index contributed by atoms with van der Waals surface area (Å²) < 4.78 is 37.4. The number of aryl methyl sites for hydroxylation is 1. The molecule has 0 aromatic heterocycles. The standard InChI is InChI=1S/C24H28N2O7S/c1-4-5-14-33-24(29)17-6-8-18(9-7-17)25-23(28)20-11-13-22(27)26(20)34(30,31)19-10-12-21(32-3)16(2)15-19/h6-10,12,15,20H,4-5,11,13-14H2,1-3H3,(H,25,28)/t20-/m1/s1. The number of methoxy groups -OCH3 is 1. The molecule has 0 aliphatic carbocycles. The summed E-state index contributed by atoms with van der Waals surface area (Å²) >= 11 is 0. The average molecular weight is 489 g/mol. The van der Waals surface area contributed by atoms with Gasteiger partial charge >= 0.3 is 5.97 Å². The molecule has 0 saturated carbocycles. The van der Waals surface area contributed by atoms with E-state index in [4.69, 9.17) is 9.47 Å². The molecule has 9 nitrogen and oxygen atoms in total. The normalized spacial score (nSPS) is 15.8. The number of rotatable bonds is 9. The number of amides is 2. The van der Waals surface area contributed by atoms with Gasteiger partial charge in [0, 0.05) is 12.1 Å². The maximum atomic E-state index is 13.2. The van der Waals surface area contributed by atoms with Gasteiger partial charge in [0.15, 0.2) is 0 Å². The van der Waals surface area contributed by atoms with Gasteiger partial charge < -0.3 is 14.8 Å². The van der Waals surface area contributed by atoms with E-state index in [9.17, 15) is 22.8 Å². The van der Waals surface area contributed by atoms with E-state index in [2.05, 4.69) is 5.32 Å². The van der Waals surface area contributed by atoms with Crippen LogP contribution in [0.25, 0.3) is 0 Å². The van der Waals surface area contributed by atoms with Crippen LogP contribution in [0.3, 0.4) is 0 Å². The van der Waals surface area contributed by atoms with Crippen molar-refractivity contribution in [2.45, 2.75) is 50.5 Å². The van der Waals surface area contributed by atoms with Crippen molar-refractivity contribution < 1.29 is 32.3 Å². The van der Waals surface area contributed by atoms with E-state index in [1.165, 1.54) is 49.6 Å². The molecule has 3 rings (SSSR count).